The highest BCUT2D eigenvalue weighted by Gasteiger charge is 2.33. The molecule has 4 heteroatoms. The zero-order chi connectivity index (χ0) is 17.3. The van der Waals surface area contributed by atoms with E-state index in [2.05, 4.69) is 0 Å². The van der Waals surface area contributed by atoms with E-state index in [0.29, 0.717) is 18.6 Å². The molecule has 0 bridgehead atoms. The lowest BCUT2D eigenvalue weighted by Gasteiger charge is -2.34. The van der Waals surface area contributed by atoms with E-state index in [9.17, 15) is 9.59 Å². The molecule has 0 spiro atoms. The molecule has 1 aliphatic carbocycles. The van der Waals surface area contributed by atoms with Crippen LogP contribution in [0.1, 0.15) is 25.8 Å². The molecule has 0 fully saturated rings. The van der Waals surface area contributed by atoms with E-state index >= 15 is 0 Å². The van der Waals surface area contributed by atoms with Gasteiger partial charge >= 0.3 is 5.97 Å². The third-order valence-electron chi connectivity index (χ3n) is 4.42. The number of benzene rings is 1. The molecule has 1 aliphatic heterocycles. The molecule has 124 valence electrons. The van der Waals surface area contributed by atoms with Crippen molar-refractivity contribution in [2.24, 2.45) is 0 Å². The Morgan fingerprint density at radius 1 is 1.25 bits per heavy atom. The Kier molecular flexibility index (Phi) is 4.38. The molecule has 0 saturated heterocycles. The molecule has 1 aromatic carbocycles. The fraction of sp³-hybridized carbons (Fsp3) is 0.300. The molecule has 1 unspecified atom stereocenters. The number of carbonyl (C=O) groups is 2. The summed E-state index contributed by atoms with van der Waals surface area (Å²) in [6, 6.07) is 7.26. The second-order valence-corrected chi connectivity index (χ2v) is 6.03. The Bertz CT molecular complexity index is 786. The number of allylic oxidation sites excluding steroid dienone is 4. The number of anilines is 1. The van der Waals surface area contributed by atoms with Crippen LogP contribution in [0.2, 0.25) is 0 Å². The summed E-state index contributed by atoms with van der Waals surface area (Å²) in [6.07, 6.45) is 5.97. The minimum atomic E-state index is -0.625. The first-order chi connectivity index (χ1) is 11.5. The second-order valence-electron chi connectivity index (χ2n) is 6.03. The number of hydrogen-bond acceptors (Lipinski definition) is 4. The van der Waals surface area contributed by atoms with E-state index in [1.807, 2.05) is 55.3 Å². The van der Waals surface area contributed by atoms with Gasteiger partial charge in [0.1, 0.15) is 0 Å². The van der Waals surface area contributed by atoms with E-state index in [-0.39, 0.29) is 11.8 Å². The summed E-state index contributed by atoms with van der Waals surface area (Å²) < 4.78 is 5.23. The number of carbonyl (C=O) groups excluding carboxylic acids is 2. The lowest BCUT2D eigenvalue weighted by atomic mass is 9.85. The van der Waals surface area contributed by atoms with Gasteiger partial charge in [0.2, 0.25) is 0 Å². The first-order valence-corrected chi connectivity index (χ1v) is 8.18. The molecule has 2 aliphatic rings. The van der Waals surface area contributed by atoms with Crippen LogP contribution in [0.15, 0.2) is 59.3 Å². The number of nitrogens with zero attached hydrogens (tertiary/aromatic N) is 1. The van der Waals surface area contributed by atoms with Crippen LogP contribution < -0.4 is 4.90 Å². The second kappa shape index (κ2) is 6.48. The lowest BCUT2D eigenvalue weighted by Crippen LogP contribution is -2.41. The minimum absolute atomic E-state index is 0.0468. The monoisotopic (exact) mass is 323 g/mol. The Labute approximate surface area is 142 Å². The van der Waals surface area contributed by atoms with Crippen molar-refractivity contribution in [2.45, 2.75) is 33.2 Å². The van der Waals surface area contributed by atoms with Crippen molar-refractivity contribution in [3.63, 3.8) is 0 Å². The van der Waals surface area contributed by atoms with Gasteiger partial charge < -0.3 is 9.64 Å². The van der Waals surface area contributed by atoms with Gasteiger partial charge in [-0.2, -0.15) is 0 Å². The van der Waals surface area contributed by atoms with Crippen molar-refractivity contribution in [1.82, 2.24) is 0 Å². The molecular formula is C20H21NO3. The molecule has 0 N–H and O–H groups in total. The van der Waals surface area contributed by atoms with E-state index < -0.39 is 6.04 Å². The van der Waals surface area contributed by atoms with Crippen molar-refractivity contribution in [3.05, 3.63) is 64.9 Å². The van der Waals surface area contributed by atoms with Crippen LogP contribution in [-0.4, -0.2) is 24.4 Å². The molecule has 1 aromatic rings. The molecule has 0 aromatic heterocycles. The number of Topliss-reactive ketones (excluding diaryl/α,β-unsaturated/α-hetero) is 1. The molecule has 1 atom stereocenters. The fourth-order valence-electron chi connectivity index (χ4n) is 3.12. The van der Waals surface area contributed by atoms with Crippen molar-refractivity contribution in [1.29, 1.82) is 0 Å². The number of rotatable bonds is 3. The molecule has 3 rings (SSSR count). The van der Waals surface area contributed by atoms with Gasteiger partial charge in [-0.05, 0) is 44.1 Å². The van der Waals surface area contributed by atoms with Crippen molar-refractivity contribution in [3.8, 4) is 0 Å². The van der Waals surface area contributed by atoms with Crippen LogP contribution in [0, 0.1) is 6.92 Å². The maximum Gasteiger partial charge on any atom is 0.333 e. The van der Waals surface area contributed by atoms with Crippen LogP contribution in [-0.2, 0) is 14.3 Å². The van der Waals surface area contributed by atoms with Crippen LogP contribution in [0.4, 0.5) is 5.69 Å². The Hall–Kier alpha value is -2.62. The average Bonchev–Trinajstić information content (AvgIpc) is 2.58. The third kappa shape index (κ3) is 2.80. The van der Waals surface area contributed by atoms with Gasteiger partial charge in [0.05, 0.1) is 6.61 Å². The molecular weight excluding hydrogens is 302 g/mol. The topological polar surface area (TPSA) is 46.6 Å². The summed E-state index contributed by atoms with van der Waals surface area (Å²) in [6.45, 7) is 6.09. The molecule has 4 nitrogen and oxygen atoms in total. The molecule has 0 radical (unpaired) electrons. The molecule has 24 heavy (non-hydrogen) atoms. The third-order valence-corrected chi connectivity index (χ3v) is 4.42. The summed E-state index contributed by atoms with van der Waals surface area (Å²) in [5.41, 5.74) is 4.56. The van der Waals surface area contributed by atoms with Gasteiger partial charge in [-0.25, -0.2) is 4.79 Å². The molecule has 1 heterocycles. The predicted octanol–water partition coefficient (Wildman–Crippen LogP) is 3.48. The van der Waals surface area contributed by atoms with Crippen molar-refractivity contribution >= 4 is 17.4 Å². The summed E-state index contributed by atoms with van der Waals surface area (Å²) in [5.74, 6) is -0.297. The smallest absolute Gasteiger partial charge is 0.333 e. The number of esters is 1. The van der Waals surface area contributed by atoms with Gasteiger partial charge in [0, 0.05) is 29.5 Å². The van der Waals surface area contributed by atoms with Gasteiger partial charge in [-0.3, -0.25) is 4.79 Å². The minimum Gasteiger partial charge on any atom is -0.464 e. The number of aryl methyl sites for hydroxylation is 1. The van der Waals surface area contributed by atoms with E-state index in [4.69, 9.17) is 4.74 Å². The number of hydrogen-bond donors (Lipinski definition) is 0. The van der Waals surface area contributed by atoms with Gasteiger partial charge in [-0.1, -0.05) is 24.3 Å². The van der Waals surface area contributed by atoms with Crippen molar-refractivity contribution in [2.75, 3.05) is 11.5 Å². The Balaban J connectivity index is 2.12. The van der Waals surface area contributed by atoms with Gasteiger partial charge in [-0.15, -0.1) is 0 Å². The Morgan fingerprint density at radius 2 is 2.00 bits per heavy atom. The first-order valence-electron chi connectivity index (χ1n) is 8.18. The van der Waals surface area contributed by atoms with Crippen LogP contribution in [0.5, 0.6) is 0 Å². The highest BCUT2D eigenvalue weighted by Crippen LogP contribution is 2.35. The van der Waals surface area contributed by atoms with E-state index in [1.54, 1.807) is 13.0 Å². The highest BCUT2D eigenvalue weighted by molar-refractivity contribution is 6.05. The zero-order valence-electron chi connectivity index (χ0n) is 14.2. The summed E-state index contributed by atoms with van der Waals surface area (Å²) in [7, 11) is 0. The summed E-state index contributed by atoms with van der Waals surface area (Å²) >= 11 is 0. The predicted molar refractivity (Wildman–Crippen MR) is 93.6 cm³/mol. The van der Waals surface area contributed by atoms with E-state index in [0.717, 1.165) is 22.4 Å². The number of ketones is 1. The number of para-hydroxylation sites is 1. The molecule has 0 saturated carbocycles. The quantitative estimate of drug-likeness (QED) is 0.799. The van der Waals surface area contributed by atoms with Gasteiger partial charge in [0.15, 0.2) is 11.8 Å². The normalized spacial score (nSPS) is 20.0. The fourth-order valence-corrected chi connectivity index (χ4v) is 3.12. The van der Waals surface area contributed by atoms with Gasteiger partial charge in [0.25, 0.3) is 0 Å². The van der Waals surface area contributed by atoms with E-state index in [1.165, 1.54) is 0 Å². The molecule has 0 amide bonds. The van der Waals surface area contributed by atoms with Crippen LogP contribution >= 0.6 is 0 Å². The number of fused-ring (bicyclic) bond motifs is 1. The standard InChI is InChI=1S/C20H21NO3/c1-4-24-20(23)18-11-15-16(13(2)9-10-19(15)22)12-21(18)17-8-6-5-7-14(17)3/h5-9,11-12,18H,4,10H2,1-3H3. The maximum atomic E-state index is 12.5. The average molecular weight is 323 g/mol. The van der Waals surface area contributed by atoms with Crippen LogP contribution in [0.25, 0.3) is 0 Å². The lowest BCUT2D eigenvalue weighted by molar-refractivity contribution is -0.143. The highest BCUT2D eigenvalue weighted by atomic mass is 16.5. The first kappa shape index (κ1) is 16.2. The SMILES string of the molecule is CCOC(=O)C1C=C2C(=O)CC=C(C)C2=CN1c1ccccc1C. The summed E-state index contributed by atoms with van der Waals surface area (Å²) in [4.78, 5) is 26.7. The van der Waals surface area contributed by atoms with Crippen LogP contribution in [0.3, 0.4) is 0 Å². The largest absolute Gasteiger partial charge is 0.464 e. The summed E-state index contributed by atoms with van der Waals surface area (Å²) in [5, 5.41) is 0. The Morgan fingerprint density at radius 3 is 2.71 bits per heavy atom. The zero-order valence-corrected chi connectivity index (χ0v) is 14.2. The maximum absolute atomic E-state index is 12.5. The number of ether oxygens (including phenoxy) is 1. The van der Waals surface area contributed by atoms with Crippen molar-refractivity contribution < 1.29 is 14.3 Å².